The molecule has 0 spiro atoms. The summed E-state index contributed by atoms with van der Waals surface area (Å²) < 4.78 is 10.6. The van der Waals surface area contributed by atoms with Crippen LogP contribution in [0, 0.1) is 0 Å². The molecule has 1 aromatic heterocycles. The molecule has 6 heteroatoms. The van der Waals surface area contributed by atoms with Crippen LogP contribution in [0.1, 0.15) is 18.4 Å². The summed E-state index contributed by atoms with van der Waals surface area (Å²) in [4.78, 5) is 14.4. The number of rotatable bonds is 5. The second-order valence-corrected chi connectivity index (χ2v) is 7.60. The van der Waals surface area contributed by atoms with Crippen LogP contribution < -0.4 is 15.7 Å². The molecule has 1 fully saturated rings. The van der Waals surface area contributed by atoms with Gasteiger partial charge in [-0.3, -0.25) is 4.90 Å². The number of fused-ring (bicyclic) bond motifs is 1. The smallest absolute Gasteiger partial charge is 0.338 e. The summed E-state index contributed by atoms with van der Waals surface area (Å²) in [5, 5.41) is 5.18. The number of likely N-dealkylation sites (tertiary alicyclic amines) is 1. The van der Waals surface area contributed by atoms with Gasteiger partial charge in [0, 0.05) is 42.2 Å². The van der Waals surface area contributed by atoms with Crippen LogP contribution in [0.5, 0.6) is 5.75 Å². The fourth-order valence-electron chi connectivity index (χ4n) is 3.69. The van der Waals surface area contributed by atoms with Crippen molar-refractivity contribution in [2.24, 2.45) is 0 Å². The first-order valence-electron chi connectivity index (χ1n) is 9.46. The van der Waals surface area contributed by atoms with E-state index in [1.807, 2.05) is 18.2 Å². The van der Waals surface area contributed by atoms with Crippen molar-refractivity contribution in [3.05, 3.63) is 69.5 Å². The number of benzene rings is 2. The number of anilines is 1. The highest BCUT2D eigenvalue weighted by Crippen LogP contribution is 2.28. The van der Waals surface area contributed by atoms with Crippen molar-refractivity contribution in [2.75, 3.05) is 25.5 Å². The van der Waals surface area contributed by atoms with E-state index in [2.05, 4.69) is 22.3 Å². The van der Waals surface area contributed by atoms with Crippen LogP contribution in [0.3, 0.4) is 0 Å². The zero-order valence-corrected chi connectivity index (χ0v) is 16.5. The van der Waals surface area contributed by atoms with Crippen LogP contribution in [0.25, 0.3) is 11.0 Å². The second kappa shape index (κ2) is 8.25. The Morgan fingerprint density at radius 2 is 1.89 bits per heavy atom. The molecular formula is C22H23ClN2O3. The lowest BCUT2D eigenvalue weighted by Crippen LogP contribution is -2.38. The number of hydrogen-bond donors (Lipinski definition) is 1. The number of hydrogen-bond acceptors (Lipinski definition) is 5. The van der Waals surface area contributed by atoms with Crippen molar-refractivity contribution in [2.45, 2.75) is 25.4 Å². The Hall–Kier alpha value is -2.50. The quantitative estimate of drug-likeness (QED) is 0.640. The molecule has 28 heavy (non-hydrogen) atoms. The van der Waals surface area contributed by atoms with Crippen LogP contribution in [-0.2, 0) is 6.54 Å². The highest BCUT2D eigenvalue weighted by molar-refractivity contribution is 6.30. The van der Waals surface area contributed by atoms with E-state index in [0.717, 1.165) is 54.3 Å². The first-order chi connectivity index (χ1) is 13.6. The molecule has 4 rings (SSSR count). The summed E-state index contributed by atoms with van der Waals surface area (Å²) in [5.41, 5.74) is 2.30. The van der Waals surface area contributed by atoms with E-state index < -0.39 is 0 Å². The van der Waals surface area contributed by atoms with Gasteiger partial charge in [0.2, 0.25) is 0 Å². The number of methoxy groups -OCH3 is 1. The third-order valence-electron chi connectivity index (χ3n) is 5.22. The van der Waals surface area contributed by atoms with Gasteiger partial charge in [-0.25, -0.2) is 4.79 Å². The summed E-state index contributed by atoms with van der Waals surface area (Å²) in [6, 6.07) is 15.3. The largest absolute Gasteiger partial charge is 0.497 e. The van der Waals surface area contributed by atoms with E-state index >= 15 is 0 Å². The molecule has 1 aliphatic rings. The van der Waals surface area contributed by atoms with Crippen molar-refractivity contribution in [1.29, 1.82) is 0 Å². The van der Waals surface area contributed by atoms with E-state index in [-0.39, 0.29) is 5.63 Å². The third kappa shape index (κ3) is 4.32. The Morgan fingerprint density at radius 1 is 1.14 bits per heavy atom. The second-order valence-electron chi connectivity index (χ2n) is 7.16. The molecule has 1 aliphatic heterocycles. The van der Waals surface area contributed by atoms with Gasteiger partial charge in [0.05, 0.1) is 12.8 Å². The highest BCUT2D eigenvalue weighted by Gasteiger charge is 2.20. The molecular weight excluding hydrogens is 376 g/mol. The van der Waals surface area contributed by atoms with Gasteiger partial charge < -0.3 is 14.5 Å². The van der Waals surface area contributed by atoms with E-state index in [1.54, 1.807) is 19.2 Å². The molecule has 2 heterocycles. The molecule has 3 aromatic rings. The molecule has 0 bridgehead atoms. The Kier molecular flexibility index (Phi) is 5.55. The van der Waals surface area contributed by atoms with Gasteiger partial charge in [0.25, 0.3) is 0 Å². The van der Waals surface area contributed by atoms with Crippen molar-refractivity contribution >= 4 is 28.3 Å². The normalized spacial score (nSPS) is 15.6. The van der Waals surface area contributed by atoms with E-state index in [9.17, 15) is 4.79 Å². The molecule has 0 saturated carbocycles. The molecule has 5 nitrogen and oxygen atoms in total. The topological polar surface area (TPSA) is 54.7 Å². The van der Waals surface area contributed by atoms with Gasteiger partial charge >= 0.3 is 5.63 Å². The minimum absolute atomic E-state index is 0.317. The Balaban J connectivity index is 1.43. The number of nitrogens with one attached hydrogen (secondary N) is 1. The summed E-state index contributed by atoms with van der Waals surface area (Å²) in [7, 11) is 1.63. The summed E-state index contributed by atoms with van der Waals surface area (Å²) >= 11 is 5.96. The molecule has 1 saturated heterocycles. The number of ether oxygens (including phenoxy) is 1. The summed E-state index contributed by atoms with van der Waals surface area (Å²) in [6.07, 6.45) is 2.03. The molecule has 0 unspecified atom stereocenters. The van der Waals surface area contributed by atoms with Gasteiger partial charge in [-0.05, 0) is 48.7 Å². The zero-order valence-electron chi connectivity index (χ0n) is 15.8. The lowest BCUT2D eigenvalue weighted by Gasteiger charge is -2.33. The molecule has 2 aromatic carbocycles. The molecule has 0 atom stereocenters. The van der Waals surface area contributed by atoms with Crippen LogP contribution in [0.4, 0.5) is 5.69 Å². The standard InChI is InChI=1S/C22H23ClN2O3/c1-27-18-6-7-21-19(12-18)20(13-22(26)28-21)24-17-8-10-25(11-9-17)14-15-2-4-16(23)5-3-15/h2-7,12-13,17,24H,8-11,14H2,1H3. The maximum Gasteiger partial charge on any atom is 0.338 e. The van der Waals surface area contributed by atoms with E-state index in [0.29, 0.717) is 11.6 Å². The average molecular weight is 399 g/mol. The molecule has 0 radical (unpaired) electrons. The predicted molar refractivity (Wildman–Crippen MR) is 112 cm³/mol. The minimum atomic E-state index is -0.347. The van der Waals surface area contributed by atoms with Crippen molar-refractivity contribution in [1.82, 2.24) is 4.90 Å². The predicted octanol–water partition coefficient (Wildman–Crippen LogP) is 4.53. The molecule has 146 valence electrons. The molecule has 1 N–H and O–H groups in total. The lowest BCUT2D eigenvalue weighted by atomic mass is 10.0. The number of piperidine rings is 1. The highest BCUT2D eigenvalue weighted by atomic mass is 35.5. The van der Waals surface area contributed by atoms with E-state index in [1.165, 1.54) is 11.6 Å². The first kappa shape index (κ1) is 18.8. The first-order valence-corrected chi connectivity index (χ1v) is 9.84. The van der Waals surface area contributed by atoms with Gasteiger partial charge in [-0.15, -0.1) is 0 Å². The molecule has 0 amide bonds. The monoisotopic (exact) mass is 398 g/mol. The van der Waals surface area contributed by atoms with Crippen LogP contribution in [0.15, 0.2) is 57.7 Å². The van der Waals surface area contributed by atoms with Gasteiger partial charge in [-0.1, -0.05) is 23.7 Å². The number of nitrogens with zero attached hydrogens (tertiary/aromatic N) is 1. The maximum atomic E-state index is 11.9. The van der Waals surface area contributed by atoms with Crippen LogP contribution in [0.2, 0.25) is 5.02 Å². The summed E-state index contributed by atoms with van der Waals surface area (Å²) in [6.45, 7) is 2.94. The summed E-state index contributed by atoms with van der Waals surface area (Å²) in [5.74, 6) is 0.738. The van der Waals surface area contributed by atoms with Gasteiger partial charge in [0.1, 0.15) is 11.3 Å². The molecule has 0 aliphatic carbocycles. The van der Waals surface area contributed by atoms with E-state index in [4.69, 9.17) is 20.8 Å². The third-order valence-corrected chi connectivity index (χ3v) is 5.47. The Morgan fingerprint density at radius 3 is 2.61 bits per heavy atom. The maximum absolute atomic E-state index is 11.9. The van der Waals surface area contributed by atoms with Crippen molar-refractivity contribution < 1.29 is 9.15 Å². The lowest BCUT2D eigenvalue weighted by molar-refractivity contribution is 0.211. The minimum Gasteiger partial charge on any atom is -0.497 e. The number of halogens is 1. The van der Waals surface area contributed by atoms with Crippen LogP contribution in [-0.4, -0.2) is 31.1 Å². The Bertz CT molecular complexity index is 1010. The van der Waals surface area contributed by atoms with Crippen LogP contribution >= 0.6 is 11.6 Å². The van der Waals surface area contributed by atoms with Crippen molar-refractivity contribution in [3.63, 3.8) is 0 Å². The van der Waals surface area contributed by atoms with Gasteiger partial charge in [-0.2, -0.15) is 0 Å². The fraction of sp³-hybridized carbons (Fsp3) is 0.318. The fourth-order valence-corrected chi connectivity index (χ4v) is 3.82. The average Bonchev–Trinajstić information content (AvgIpc) is 2.71. The Labute approximate surface area is 168 Å². The zero-order chi connectivity index (χ0) is 19.5. The van der Waals surface area contributed by atoms with Gasteiger partial charge in [0.15, 0.2) is 0 Å². The SMILES string of the molecule is COc1ccc2oc(=O)cc(NC3CCN(Cc4ccc(Cl)cc4)CC3)c2c1. The van der Waals surface area contributed by atoms with Crippen molar-refractivity contribution in [3.8, 4) is 5.75 Å².